The van der Waals surface area contributed by atoms with E-state index < -0.39 is 0 Å². The molecule has 1 atom stereocenters. The summed E-state index contributed by atoms with van der Waals surface area (Å²) in [4.78, 5) is 0. The minimum absolute atomic E-state index is 0.327. The quantitative estimate of drug-likeness (QED) is 0.597. The highest BCUT2D eigenvalue weighted by molar-refractivity contribution is 4.76. The maximum absolute atomic E-state index is 5.52. The van der Waals surface area contributed by atoms with Crippen LogP contribution in [0.4, 0.5) is 0 Å². The van der Waals surface area contributed by atoms with E-state index in [1.54, 1.807) is 0 Å². The van der Waals surface area contributed by atoms with Crippen LogP contribution in [0.25, 0.3) is 0 Å². The molecule has 10 heavy (non-hydrogen) atoms. The van der Waals surface area contributed by atoms with Crippen molar-refractivity contribution in [2.75, 3.05) is 13.2 Å². The maximum atomic E-state index is 5.52. The van der Waals surface area contributed by atoms with Crippen LogP contribution in [0.3, 0.4) is 0 Å². The summed E-state index contributed by atoms with van der Waals surface area (Å²) in [6.07, 6.45) is 2.70. The van der Waals surface area contributed by atoms with Crippen molar-refractivity contribution in [2.45, 2.75) is 32.8 Å². The highest BCUT2D eigenvalue weighted by atomic mass is 16.5. The van der Waals surface area contributed by atoms with E-state index in [1.807, 2.05) is 0 Å². The van der Waals surface area contributed by atoms with Crippen LogP contribution in [-0.2, 0) is 4.74 Å². The lowest BCUT2D eigenvalue weighted by Gasteiger charge is -2.33. The average molecular weight is 143 g/mol. The molecule has 1 saturated heterocycles. The van der Waals surface area contributed by atoms with E-state index >= 15 is 0 Å². The van der Waals surface area contributed by atoms with Crippen molar-refractivity contribution in [1.29, 1.82) is 0 Å². The van der Waals surface area contributed by atoms with Gasteiger partial charge in [0, 0.05) is 6.54 Å². The Bertz CT molecular complexity index is 102. The molecule has 0 saturated carbocycles. The van der Waals surface area contributed by atoms with E-state index in [4.69, 9.17) is 10.5 Å². The molecular weight excluding hydrogens is 126 g/mol. The van der Waals surface area contributed by atoms with E-state index in [2.05, 4.69) is 13.8 Å². The van der Waals surface area contributed by atoms with Crippen molar-refractivity contribution in [1.82, 2.24) is 0 Å². The lowest BCUT2D eigenvalue weighted by molar-refractivity contribution is -0.0430. The Labute approximate surface area is 62.7 Å². The molecule has 60 valence electrons. The van der Waals surface area contributed by atoms with Crippen LogP contribution in [0.5, 0.6) is 0 Å². The van der Waals surface area contributed by atoms with Gasteiger partial charge in [0.1, 0.15) is 0 Å². The number of hydrogen-bond donors (Lipinski definition) is 1. The summed E-state index contributed by atoms with van der Waals surface area (Å²) >= 11 is 0. The number of nitrogens with two attached hydrogens (primary N) is 1. The molecule has 0 aromatic carbocycles. The monoisotopic (exact) mass is 143 g/mol. The first-order chi connectivity index (χ1) is 4.64. The summed E-state index contributed by atoms with van der Waals surface area (Å²) in [5.41, 5.74) is 5.85. The first kappa shape index (κ1) is 8.02. The van der Waals surface area contributed by atoms with Gasteiger partial charge in [0.15, 0.2) is 0 Å². The Morgan fingerprint density at radius 3 is 2.70 bits per heavy atom. The third kappa shape index (κ3) is 1.96. The third-order valence-electron chi connectivity index (χ3n) is 2.12. The van der Waals surface area contributed by atoms with Crippen LogP contribution in [-0.4, -0.2) is 19.3 Å². The van der Waals surface area contributed by atoms with Crippen LogP contribution < -0.4 is 5.73 Å². The zero-order valence-electron chi connectivity index (χ0n) is 6.89. The lowest BCUT2D eigenvalue weighted by Crippen LogP contribution is -2.35. The lowest BCUT2D eigenvalue weighted by atomic mass is 9.85. The SMILES string of the molecule is CC1(C)CC[C@@H](CN)OC1. The number of rotatable bonds is 1. The Balaban J connectivity index is 2.31. The van der Waals surface area contributed by atoms with Crippen molar-refractivity contribution in [3.63, 3.8) is 0 Å². The summed E-state index contributed by atoms with van der Waals surface area (Å²) in [6, 6.07) is 0. The fourth-order valence-electron chi connectivity index (χ4n) is 1.24. The predicted molar refractivity (Wildman–Crippen MR) is 41.8 cm³/mol. The molecule has 2 nitrogen and oxygen atoms in total. The smallest absolute Gasteiger partial charge is 0.0697 e. The summed E-state index contributed by atoms with van der Waals surface area (Å²) in [5.74, 6) is 0. The van der Waals surface area contributed by atoms with Crippen LogP contribution in [0.2, 0.25) is 0 Å². The molecule has 0 spiro atoms. The topological polar surface area (TPSA) is 35.2 Å². The van der Waals surface area contributed by atoms with E-state index in [9.17, 15) is 0 Å². The molecule has 2 N–H and O–H groups in total. The first-order valence-electron chi connectivity index (χ1n) is 3.96. The molecule has 1 rings (SSSR count). The summed E-state index contributed by atoms with van der Waals surface area (Å²) < 4.78 is 5.52. The Hall–Kier alpha value is -0.0800. The molecule has 1 aliphatic rings. The molecule has 1 heterocycles. The minimum atomic E-state index is 0.327. The second-order valence-electron chi connectivity index (χ2n) is 3.87. The second kappa shape index (κ2) is 2.89. The van der Waals surface area contributed by atoms with Crippen molar-refractivity contribution < 1.29 is 4.74 Å². The minimum Gasteiger partial charge on any atom is -0.376 e. The standard InChI is InChI=1S/C8H17NO/c1-8(2)4-3-7(5-9)10-6-8/h7H,3-6,9H2,1-2H3/t7-/m0/s1. The van der Waals surface area contributed by atoms with Crippen LogP contribution >= 0.6 is 0 Å². The van der Waals surface area contributed by atoms with Crippen molar-refractivity contribution in [3.8, 4) is 0 Å². The average Bonchev–Trinajstić information content (AvgIpc) is 1.88. The Morgan fingerprint density at radius 2 is 2.30 bits per heavy atom. The molecule has 0 radical (unpaired) electrons. The fraction of sp³-hybridized carbons (Fsp3) is 1.00. The summed E-state index contributed by atoms with van der Waals surface area (Å²) in [5, 5.41) is 0. The normalized spacial score (nSPS) is 32.1. The van der Waals surface area contributed by atoms with Gasteiger partial charge < -0.3 is 10.5 Å². The van der Waals surface area contributed by atoms with Crippen LogP contribution in [0.1, 0.15) is 26.7 Å². The van der Waals surface area contributed by atoms with E-state index in [0.717, 1.165) is 13.0 Å². The van der Waals surface area contributed by atoms with Gasteiger partial charge in [-0.2, -0.15) is 0 Å². The van der Waals surface area contributed by atoms with Crippen LogP contribution in [0, 0.1) is 5.41 Å². The molecule has 0 aromatic heterocycles. The molecule has 0 aliphatic carbocycles. The highest BCUT2D eigenvalue weighted by Crippen LogP contribution is 2.29. The van der Waals surface area contributed by atoms with Crippen molar-refractivity contribution in [2.24, 2.45) is 11.1 Å². The van der Waals surface area contributed by atoms with Gasteiger partial charge in [0.05, 0.1) is 12.7 Å². The highest BCUT2D eigenvalue weighted by Gasteiger charge is 2.26. The van der Waals surface area contributed by atoms with Gasteiger partial charge >= 0.3 is 0 Å². The molecule has 0 bridgehead atoms. The Morgan fingerprint density at radius 1 is 1.60 bits per heavy atom. The molecule has 0 amide bonds. The van der Waals surface area contributed by atoms with E-state index in [-0.39, 0.29) is 0 Å². The van der Waals surface area contributed by atoms with Gasteiger partial charge in [0.25, 0.3) is 0 Å². The maximum Gasteiger partial charge on any atom is 0.0697 e. The Kier molecular flexibility index (Phi) is 2.32. The van der Waals surface area contributed by atoms with E-state index in [1.165, 1.54) is 6.42 Å². The first-order valence-corrected chi connectivity index (χ1v) is 3.96. The molecule has 0 aromatic rings. The molecule has 1 aliphatic heterocycles. The van der Waals surface area contributed by atoms with Crippen molar-refractivity contribution in [3.05, 3.63) is 0 Å². The predicted octanol–water partition coefficient (Wildman–Crippen LogP) is 1.15. The van der Waals surface area contributed by atoms with Gasteiger partial charge in [0.2, 0.25) is 0 Å². The zero-order valence-corrected chi connectivity index (χ0v) is 6.89. The summed E-state index contributed by atoms with van der Waals surface area (Å²) in [6.45, 7) is 6.02. The zero-order chi connectivity index (χ0) is 7.61. The van der Waals surface area contributed by atoms with Gasteiger partial charge in [-0.05, 0) is 18.3 Å². The number of hydrogen-bond acceptors (Lipinski definition) is 2. The second-order valence-corrected chi connectivity index (χ2v) is 3.87. The van der Waals surface area contributed by atoms with Crippen LogP contribution in [0.15, 0.2) is 0 Å². The van der Waals surface area contributed by atoms with Gasteiger partial charge in [-0.1, -0.05) is 13.8 Å². The summed E-state index contributed by atoms with van der Waals surface area (Å²) in [7, 11) is 0. The fourth-order valence-corrected chi connectivity index (χ4v) is 1.24. The molecule has 1 fully saturated rings. The number of ether oxygens (including phenoxy) is 1. The van der Waals surface area contributed by atoms with Gasteiger partial charge in [-0.3, -0.25) is 0 Å². The van der Waals surface area contributed by atoms with Gasteiger partial charge in [-0.15, -0.1) is 0 Å². The third-order valence-corrected chi connectivity index (χ3v) is 2.12. The van der Waals surface area contributed by atoms with Gasteiger partial charge in [-0.25, -0.2) is 0 Å². The molecular formula is C8H17NO. The molecule has 0 unspecified atom stereocenters. The molecule has 2 heteroatoms. The largest absolute Gasteiger partial charge is 0.376 e. The van der Waals surface area contributed by atoms with E-state index in [0.29, 0.717) is 18.1 Å². The van der Waals surface area contributed by atoms with Crippen molar-refractivity contribution >= 4 is 0 Å².